The molecular weight excluding hydrogens is 438 g/mol. The van der Waals surface area contributed by atoms with Crippen LogP contribution in [0.1, 0.15) is 25.7 Å². The molecule has 9 heteroatoms. The Hall–Kier alpha value is -2.04. The molecule has 0 bridgehead atoms. The maximum absolute atomic E-state index is 12.6. The first-order valence-electron chi connectivity index (χ1n) is 9.69. The summed E-state index contributed by atoms with van der Waals surface area (Å²) in [6, 6.07) is 12.1. The maximum Gasteiger partial charge on any atom is 0.251 e. The van der Waals surface area contributed by atoms with E-state index < -0.39 is 10.0 Å². The van der Waals surface area contributed by atoms with Crippen LogP contribution in [0.4, 0.5) is 0 Å². The molecule has 6 nitrogen and oxygen atoms in total. The van der Waals surface area contributed by atoms with Crippen LogP contribution in [-0.2, 0) is 29.5 Å². The number of carbonyl (C=O) groups excluding carboxylic acids is 1. The molecule has 0 radical (unpaired) electrons. The summed E-state index contributed by atoms with van der Waals surface area (Å²) in [5.74, 6) is -0.265. The number of nitrogens with zero attached hydrogens (tertiary/aromatic N) is 1. The van der Waals surface area contributed by atoms with Gasteiger partial charge in [-0.25, -0.2) is 13.1 Å². The van der Waals surface area contributed by atoms with Gasteiger partial charge < -0.3 is 5.32 Å². The van der Waals surface area contributed by atoms with Crippen LogP contribution in [0.5, 0.6) is 0 Å². The predicted octanol–water partition coefficient (Wildman–Crippen LogP) is 3.08. The molecule has 2 aromatic heterocycles. The van der Waals surface area contributed by atoms with E-state index in [0.29, 0.717) is 12.1 Å². The van der Waals surface area contributed by atoms with Gasteiger partial charge in [0.25, 0.3) is 5.91 Å². The molecule has 1 aliphatic rings. The molecule has 0 saturated carbocycles. The molecule has 1 aliphatic heterocycles. The van der Waals surface area contributed by atoms with Gasteiger partial charge in [-0.05, 0) is 53.1 Å². The second kappa shape index (κ2) is 9.40. The molecule has 4 rings (SSSR count). The number of hydrogen-bond acceptors (Lipinski definition) is 6. The zero-order valence-corrected chi connectivity index (χ0v) is 18.8. The number of nitrogens with one attached hydrogen (secondary N) is 2. The number of hydrogen-bond donors (Lipinski definition) is 2. The molecule has 30 heavy (non-hydrogen) atoms. The summed E-state index contributed by atoms with van der Waals surface area (Å²) >= 11 is 3.30. The highest BCUT2D eigenvalue weighted by atomic mass is 32.2. The smallest absolute Gasteiger partial charge is 0.251 e. The third-order valence-electron chi connectivity index (χ3n) is 5.02. The van der Waals surface area contributed by atoms with E-state index >= 15 is 0 Å². The molecule has 0 fully saturated rings. The Morgan fingerprint density at radius 3 is 2.83 bits per heavy atom. The summed E-state index contributed by atoms with van der Waals surface area (Å²) < 4.78 is 27.7. The minimum atomic E-state index is -3.68. The molecule has 0 saturated heterocycles. The normalized spacial score (nSPS) is 14.4. The van der Waals surface area contributed by atoms with Gasteiger partial charge in [0.05, 0.1) is 4.90 Å². The monoisotopic (exact) mass is 461 g/mol. The minimum Gasteiger partial charge on any atom is -0.351 e. The van der Waals surface area contributed by atoms with E-state index in [9.17, 15) is 13.2 Å². The van der Waals surface area contributed by atoms with Crippen molar-refractivity contribution in [2.24, 2.45) is 0 Å². The van der Waals surface area contributed by atoms with Crippen molar-refractivity contribution in [1.29, 1.82) is 0 Å². The number of sulfonamides is 1. The third kappa shape index (κ3) is 5.16. The fourth-order valence-corrected chi connectivity index (χ4v) is 6.07. The Labute approximate surface area is 184 Å². The van der Waals surface area contributed by atoms with E-state index in [1.165, 1.54) is 33.9 Å². The molecule has 158 valence electrons. The van der Waals surface area contributed by atoms with E-state index in [1.54, 1.807) is 12.1 Å². The van der Waals surface area contributed by atoms with Crippen molar-refractivity contribution in [2.75, 3.05) is 19.6 Å². The third-order valence-corrected chi connectivity index (χ3v) is 8.32. The van der Waals surface area contributed by atoms with Crippen LogP contribution in [0.15, 0.2) is 58.1 Å². The summed E-state index contributed by atoms with van der Waals surface area (Å²) in [6.07, 6.45) is 1.05. The molecule has 2 N–H and O–H groups in total. The molecule has 1 aromatic carbocycles. The fourth-order valence-electron chi connectivity index (χ4n) is 3.39. The number of rotatable bonds is 8. The lowest BCUT2D eigenvalue weighted by Crippen LogP contribution is -2.37. The highest BCUT2D eigenvalue weighted by Gasteiger charge is 2.18. The van der Waals surface area contributed by atoms with Gasteiger partial charge >= 0.3 is 0 Å². The lowest BCUT2D eigenvalue weighted by atomic mass is 10.1. The highest BCUT2D eigenvalue weighted by Crippen LogP contribution is 2.23. The summed E-state index contributed by atoms with van der Waals surface area (Å²) in [5.41, 5.74) is 1.72. The first-order chi connectivity index (χ1) is 14.5. The van der Waals surface area contributed by atoms with Gasteiger partial charge in [-0.3, -0.25) is 9.69 Å². The van der Waals surface area contributed by atoms with Crippen molar-refractivity contribution >= 4 is 38.6 Å². The lowest BCUT2D eigenvalue weighted by Gasteiger charge is -2.26. The second-order valence-corrected chi connectivity index (χ2v) is 10.9. The quantitative estimate of drug-likeness (QED) is 0.540. The van der Waals surface area contributed by atoms with Crippen LogP contribution in [-0.4, -0.2) is 38.9 Å². The van der Waals surface area contributed by atoms with Crippen molar-refractivity contribution in [2.45, 2.75) is 24.4 Å². The molecule has 0 spiro atoms. The van der Waals surface area contributed by atoms with Gasteiger partial charge in [0.2, 0.25) is 10.0 Å². The topological polar surface area (TPSA) is 78.5 Å². The summed E-state index contributed by atoms with van der Waals surface area (Å²) in [5, 5.41) is 6.94. The number of fused-ring (bicyclic) bond motifs is 1. The largest absolute Gasteiger partial charge is 0.351 e. The van der Waals surface area contributed by atoms with Gasteiger partial charge in [-0.15, -0.1) is 22.7 Å². The number of carbonyl (C=O) groups is 1. The average Bonchev–Trinajstić information content (AvgIpc) is 3.44. The Kier molecular flexibility index (Phi) is 6.64. The van der Waals surface area contributed by atoms with Crippen LogP contribution in [0.3, 0.4) is 0 Å². The maximum atomic E-state index is 12.6. The SMILES string of the molecule is O=C(NCCN1CCc2sccc2C1)c1cccc(S(=O)(=O)NCc2cccs2)c1. The van der Waals surface area contributed by atoms with E-state index in [2.05, 4.69) is 26.4 Å². The number of amides is 1. The molecular formula is C21H23N3O3S3. The van der Waals surface area contributed by atoms with Gasteiger partial charge in [0, 0.05) is 48.0 Å². The first kappa shape index (κ1) is 21.2. The predicted molar refractivity (Wildman–Crippen MR) is 120 cm³/mol. The van der Waals surface area contributed by atoms with Crippen LogP contribution in [0.2, 0.25) is 0 Å². The first-order valence-corrected chi connectivity index (χ1v) is 12.9. The van der Waals surface area contributed by atoms with Crippen molar-refractivity contribution in [3.63, 3.8) is 0 Å². The summed E-state index contributed by atoms with van der Waals surface area (Å²) in [6.45, 7) is 3.43. The molecule has 0 unspecified atom stereocenters. The molecule has 0 aliphatic carbocycles. The van der Waals surface area contributed by atoms with Crippen molar-refractivity contribution in [3.8, 4) is 0 Å². The van der Waals surface area contributed by atoms with Crippen molar-refractivity contribution in [1.82, 2.24) is 14.9 Å². The van der Waals surface area contributed by atoms with E-state index in [4.69, 9.17) is 0 Å². The van der Waals surface area contributed by atoms with Gasteiger partial charge in [-0.2, -0.15) is 0 Å². The van der Waals surface area contributed by atoms with Crippen molar-refractivity contribution in [3.05, 3.63) is 74.1 Å². The zero-order valence-electron chi connectivity index (χ0n) is 16.3. The van der Waals surface area contributed by atoms with Gasteiger partial charge in [-0.1, -0.05) is 12.1 Å². The van der Waals surface area contributed by atoms with Crippen LogP contribution in [0, 0.1) is 0 Å². The van der Waals surface area contributed by atoms with Gasteiger partial charge in [0.1, 0.15) is 0 Å². The Bertz CT molecular complexity index is 1110. The standard InChI is InChI=1S/C21H23N3O3S3/c25-21(22-8-10-24-9-6-20-17(15-24)7-12-29-20)16-3-1-5-19(13-16)30(26,27)23-14-18-4-2-11-28-18/h1-5,7,11-13,23H,6,8-10,14-15H2,(H,22,25). The Morgan fingerprint density at radius 2 is 2.00 bits per heavy atom. The molecule has 0 atom stereocenters. The minimum absolute atomic E-state index is 0.0905. The summed E-state index contributed by atoms with van der Waals surface area (Å²) in [7, 11) is -3.68. The van der Waals surface area contributed by atoms with Crippen LogP contribution >= 0.6 is 22.7 Å². The Morgan fingerprint density at radius 1 is 1.10 bits per heavy atom. The Balaban J connectivity index is 1.31. The summed E-state index contributed by atoms with van der Waals surface area (Å²) in [4.78, 5) is 17.3. The fraction of sp³-hybridized carbons (Fsp3) is 0.286. The van der Waals surface area contributed by atoms with Crippen molar-refractivity contribution < 1.29 is 13.2 Å². The van der Waals surface area contributed by atoms with E-state index in [1.807, 2.05) is 28.8 Å². The second-order valence-electron chi connectivity index (χ2n) is 7.08. The van der Waals surface area contributed by atoms with Crippen LogP contribution < -0.4 is 10.0 Å². The van der Waals surface area contributed by atoms with E-state index in [-0.39, 0.29) is 17.3 Å². The molecule has 3 aromatic rings. The van der Waals surface area contributed by atoms with Crippen LogP contribution in [0.25, 0.3) is 0 Å². The molecule has 3 heterocycles. The number of thiophene rings is 2. The van der Waals surface area contributed by atoms with Gasteiger partial charge in [0.15, 0.2) is 0 Å². The highest BCUT2D eigenvalue weighted by molar-refractivity contribution is 7.89. The average molecular weight is 462 g/mol. The molecule has 1 amide bonds. The lowest BCUT2D eigenvalue weighted by molar-refractivity contribution is 0.0947. The van der Waals surface area contributed by atoms with E-state index in [0.717, 1.165) is 30.9 Å². The number of benzene rings is 1. The zero-order chi connectivity index (χ0) is 21.0.